The second-order valence-corrected chi connectivity index (χ2v) is 8.21. The molecule has 1 aromatic heterocycles. The van der Waals surface area contributed by atoms with Crippen LogP contribution in [0.5, 0.6) is 5.75 Å². The predicted octanol–water partition coefficient (Wildman–Crippen LogP) is 4.95. The lowest BCUT2D eigenvalue weighted by Gasteiger charge is -2.33. The third-order valence-electron chi connectivity index (χ3n) is 5.52. The number of aryl methyl sites for hydroxylation is 2. The summed E-state index contributed by atoms with van der Waals surface area (Å²) in [5.41, 5.74) is 2.97. The Labute approximate surface area is 184 Å². The molecule has 0 N–H and O–H groups in total. The summed E-state index contributed by atoms with van der Waals surface area (Å²) >= 11 is 6.11. The molecular formula is C22H24ClF2N3O3. The van der Waals surface area contributed by atoms with Gasteiger partial charge in [-0.05, 0) is 55.2 Å². The number of hydrogen-bond acceptors (Lipinski definition) is 5. The van der Waals surface area contributed by atoms with Crippen molar-refractivity contribution in [2.24, 2.45) is 12.5 Å². The van der Waals surface area contributed by atoms with Gasteiger partial charge in [0.25, 0.3) is 0 Å². The van der Waals surface area contributed by atoms with Crippen molar-refractivity contribution in [3.05, 3.63) is 52.6 Å². The van der Waals surface area contributed by atoms with Gasteiger partial charge >= 0.3 is 12.6 Å². The number of aromatic nitrogens is 3. The lowest BCUT2D eigenvalue weighted by atomic mass is 9.70. The molecule has 2 aromatic carbocycles. The zero-order chi connectivity index (χ0) is 22.9. The molecule has 166 valence electrons. The number of methoxy groups -OCH3 is 1. The monoisotopic (exact) mass is 451 g/mol. The van der Waals surface area contributed by atoms with Crippen LogP contribution in [0.25, 0.3) is 11.0 Å². The zero-order valence-corrected chi connectivity index (χ0v) is 18.7. The molecular weight excluding hydrogens is 428 g/mol. The van der Waals surface area contributed by atoms with Gasteiger partial charge in [0.05, 0.1) is 12.5 Å². The number of nitrogens with zero attached hydrogens (tertiary/aromatic N) is 3. The molecule has 0 unspecified atom stereocenters. The molecule has 3 aromatic rings. The van der Waals surface area contributed by atoms with E-state index in [0.717, 1.165) is 16.7 Å². The maximum absolute atomic E-state index is 13.1. The summed E-state index contributed by atoms with van der Waals surface area (Å²) in [6.07, 6.45) is 0. The summed E-state index contributed by atoms with van der Waals surface area (Å²) in [7, 11) is 2.91. The minimum Gasteiger partial charge on any atom is -0.469 e. The zero-order valence-electron chi connectivity index (χ0n) is 17.9. The van der Waals surface area contributed by atoms with E-state index in [1.807, 2.05) is 25.1 Å². The third-order valence-corrected chi connectivity index (χ3v) is 5.81. The predicted molar refractivity (Wildman–Crippen MR) is 114 cm³/mol. The normalized spacial score (nSPS) is 12.9. The van der Waals surface area contributed by atoms with Crippen LogP contribution in [0.1, 0.15) is 42.0 Å². The third kappa shape index (κ3) is 4.35. The summed E-state index contributed by atoms with van der Waals surface area (Å²) in [4.78, 5) is 12.7. The number of carbonyl (C=O) groups is 1. The van der Waals surface area contributed by atoms with E-state index in [0.29, 0.717) is 22.5 Å². The highest BCUT2D eigenvalue weighted by Crippen LogP contribution is 2.44. The number of carbonyl (C=O) groups excluding carboxylic acids is 1. The Balaban J connectivity index is 2.29. The Bertz CT molecular complexity index is 1110. The molecule has 0 saturated heterocycles. The van der Waals surface area contributed by atoms with E-state index in [1.54, 1.807) is 27.0 Å². The molecule has 0 saturated carbocycles. The Kier molecular flexibility index (Phi) is 6.50. The number of fused-ring (bicyclic) bond motifs is 1. The van der Waals surface area contributed by atoms with E-state index in [-0.39, 0.29) is 5.75 Å². The van der Waals surface area contributed by atoms with Crippen LogP contribution in [0, 0.1) is 12.3 Å². The first-order valence-electron chi connectivity index (χ1n) is 9.62. The minimum absolute atomic E-state index is 0.0645. The quantitative estimate of drug-likeness (QED) is 0.375. The van der Waals surface area contributed by atoms with Gasteiger partial charge in [-0.1, -0.05) is 23.4 Å². The average molecular weight is 452 g/mol. The van der Waals surface area contributed by atoms with Gasteiger partial charge < -0.3 is 9.47 Å². The highest BCUT2D eigenvalue weighted by molar-refractivity contribution is 6.17. The number of benzene rings is 2. The second kappa shape index (κ2) is 8.78. The van der Waals surface area contributed by atoms with Crippen molar-refractivity contribution < 1.29 is 23.0 Å². The summed E-state index contributed by atoms with van der Waals surface area (Å²) in [6, 6.07) is 8.98. The van der Waals surface area contributed by atoms with Gasteiger partial charge in [-0.2, -0.15) is 8.78 Å². The van der Waals surface area contributed by atoms with Crippen LogP contribution >= 0.6 is 11.6 Å². The van der Waals surface area contributed by atoms with Crippen molar-refractivity contribution in [3.8, 4) is 5.75 Å². The topological polar surface area (TPSA) is 66.2 Å². The fraction of sp³-hybridized carbons (Fsp3) is 0.409. The van der Waals surface area contributed by atoms with E-state index >= 15 is 0 Å². The molecule has 0 bridgehead atoms. The first-order chi connectivity index (χ1) is 14.6. The van der Waals surface area contributed by atoms with Gasteiger partial charge in [0, 0.05) is 18.8 Å². The van der Waals surface area contributed by atoms with Crippen molar-refractivity contribution in [1.82, 2.24) is 15.0 Å². The highest BCUT2D eigenvalue weighted by Gasteiger charge is 2.40. The van der Waals surface area contributed by atoms with E-state index < -0.39 is 23.9 Å². The van der Waals surface area contributed by atoms with Gasteiger partial charge in [-0.15, -0.1) is 16.7 Å². The molecule has 0 aliphatic rings. The van der Waals surface area contributed by atoms with Crippen LogP contribution in [0.15, 0.2) is 30.3 Å². The Morgan fingerprint density at radius 3 is 2.55 bits per heavy atom. The van der Waals surface area contributed by atoms with Crippen molar-refractivity contribution in [3.63, 3.8) is 0 Å². The first kappa shape index (κ1) is 22.9. The summed E-state index contributed by atoms with van der Waals surface area (Å²) in [5, 5.41) is 7.99. The van der Waals surface area contributed by atoms with E-state index in [9.17, 15) is 13.6 Å². The van der Waals surface area contributed by atoms with Crippen LogP contribution in [0.3, 0.4) is 0 Å². The van der Waals surface area contributed by atoms with Gasteiger partial charge in [0.1, 0.15) is 11.0 Å². The second-order valence-electron chi connectivity index (χ2n) is 7.94. The maximum Gasteiger partial charge on any atom is 0.387 e. The molecule has 0 radical (unpaired) electrons. The molecule has 0 spiro atoms. The summed E-state index contributed by atoms with van der Waals surface area (Å²) in [5.74, 6) is -0.756. The molecule has 1 atom stereocenters. The molecule has 6 nitrogen and oxygen atoms in total. The fourth-order valence-electron chi connectivity index (χ4n) is 3.95. The summed E-state index contributed by atoms with van der Waals surface area (Å²) in [6.45, 7) is 2.42. The number of alkyl halides is 3. The largest absolute Gasteiger partial charge is 0.469 e. The van der Waals surface area contributed by atoms with E-state index in [2.05, 4.69) is 10.3 Å². The fourth-order valence-corrected chi connectivity index (χ4v) is 4.24. The van der Waals surface area contributed by atoms with Crippen LogP contribution in [0.4, 0.5) is 8.78 Å². The molecule has 0 fully saturated rings. The van der Waals surface area contributed by atoms with Gasteiger partial charge in [-0.3, -0.25) is 4.79 Å². The molecule has 9 heteroatoms. The standard InChI is InChI=1S/C22H24ClF2N3O3/c1-12-6-7-13(8-15(12)11-23)18(22(2,3)20(29)30-5)14-9-16-19(28(4)27-26-16)17(10-14)31-21(24)25/h6-10,18,21H,11H2,1-5H3/t18-/m0/s1. The van der Waals surface area contributed by atoms with Gasteiger partial charge in [-0.25, -0.2) is 4.68 Å². The van der Waals surface area contributed by atoms with Crippen LogP contribution in [-0.2, 0) is 22.5 Å². The highest BCUT2D eigenvalue weighted by atomic mass is 35.5. The number of halogens is 3. The van der Waals surface area contributed by atoms with Crippen molar-refractivity contribution >= 4 is 28.6 Å². The number of ether oxygens (including phenoxy) is 2. The minimum atomic E-state index is -3.03. The van der Waals surface area contributed by atoms with E-state index in [4.69, 9.17) is 21.1 Å². The smallest absolute Gasteiger partial charge is 0.387 e. The molecule has 0 aliphatic carbocycles. The SMILES string of the molecule is COC(=O)C(C)(C)[C@@H](c1ccc(C)c(CCl)c1)c1cc(OC(F)F)c2c(c1)nnn2C. The molecule has 31 heavy (non-hydrogen) atoms. The Morgan fingerprint density at radius 2 is 1.94 bits per heavy atom. The lowest BCUT2D eigenvalue weighted by Crippen LogP contribution is -2.33. The number of esters is 1. The van der Waals surface area contributed by atoms with Gasteiger partial charge in [0.15, 0.2) is 5.75 Å². The van der Waals surface area contributed by atoms with Crippen molar-refractivity contribution in [2.75, 3.05) is 7.11 Å². The number of hydrogen-bond donors (Lipinski definition) is 0. The summed E-state index contributed by atoms with van der Waals surface area (Å²) < 4.78 is 37.5. The Hall–Kier alpha value is -2.74. The van der Waals surface area contributed by atoms with Crippen molar-refractivity contribution in [1.29, 1.82) is 0 Å². The molecule has 0 aliphatic heterocycles. The molecule has 3 rings (SSSR count). The Morgan fingerprint density at radius 1 is 1.23 bits per heavy atom. The van der Waals surface area contributed by atoms with Gasteiger partial charge in [0.2, 0.25) is 0 Å². The average Bonchev–Trinajstić information content (AvgIpc) is 3.09. The van der Waals surface area contributed by atoms with Crippen LogP contribution in [0.2, 0.25) is 0 Å². The van der Waals surface area contributed by atoms with Crippen molar-refractivity contribution in [2.45, 2.75) is 39.2 Å². The maximum atomic E-state index is 13.1. The number of rotatable bonds is 7. The first-order valence-corrected chi connectivity index (χ1v) is 10.2. The van der Waals surface area contributed by atoms with E-state index in [1.165, 1.54) is 17.9 Å². The lowest BCUT2D eigenvalue weighted by molar-refractivity contribution is -0.151. The molecule has 1 heterocycles. The van der Waals surface area contributed by atoms with Crippen LogP contribution < -0.4 is 4.74 Å². The molecule has 0 amide bonds. The van der Waals surface area contributed by atoms with Crippen LogP contribution in [-0.4, -0.2) is 34.7 Å².